The number of aliphatic hydroxyl groups excluding tert-OH is 4. The maximum atomic E-state index is 12.3. The van der Waals surface area contributed by atoms with Gasteiger partial charge < -0.3 is 30.8 Å². The maximum Gasteiger partial charge on any atom is 0.328 e. The molecule has 0 heterocycles. The maximum absolute atomic E-state index is 12.3. The zero-order valence-electron chi connectivity index (χ0n) is 21.4. The topological polar surface area (TPSA) is 147 Å². The lowest BCUT2D eigenvalue weighted by molar-refractivity contribution is -0.223. The second-order valence-electron chi connectivity index (χ2n) is 12.7. The third-order valence-electron chi connectivity index (χ3n) is 11.1. The molecule has 6 N–H and O–H groups in total. The lowest BCUT2D eigenvalue weighted by atomic mass is 9.43. The van der Waals surface area contributed by atoms with Gasteiger partial charge in [0, 0.05) is 6.42 Å². The van der Waals surface area contributed by atoms with Crippen LogP contribution in [0.3, 0.4) is 0 Å². The Morgan fingerprint density at radius 1 is 0.943 bits per heavy atom. The van der Waals surface area contributed by atoms with Crippen LogP contribution in [0.1, 0.15) is 78.6 Å². The highest BCUT2D eigenvalue weighted by atomic mass is 16.4. The van der Waals surface area contributed by atoms with Crippen molar-refractivity contribution in [1.29, 1.82) is 0 Å². The summed E-state index contributed by atoms with van der Waals surface area (Å²) in [6.45, 7) is 6.16. The van der Waals surface area contributed by atoms with Crippen molar-refractivity contribution in [3.05, 3.63) is 0 Å². The summed E-state index contributed by atoms with van der Waals surface area (Å²) in [5.41, 5.74) is -0.0249. The molecule has 200 valence electrons. The number of hydrogen-bond donors (Lipinski definition) is 6. The predicted molar refractivity (Wildman–Crippen MR) is 129 cm³/mol. The van der Waals surface area contributed by atoms with Crippen LogP contribution in [0.4, 0.5) is 0 Å². The first kappa shape index (κ1) is 26.8. The molecule has 0 saturated heterocycles. The van der Waals surface area contributed by atoms with Gasteiger partial charge in [0.2, 0.25) is 5.91 Å². The highest BCUT2D eigenvalue weighted by molar-refractivity contribution is 5.83. The third kappa shape index (κ3) is 4.53. The van der Waals surface area contributed by atoms with Crippen molar-refractivity contribution in [3.8, 4) is 0 Å². The van der Waals surface area contributed by atoms with Crippen LogP contribution in [0.5, 0.6) is 0 Å². The molecule has 4 aliphatic carbocycles. The normalized spacial score (nSPS) is 46.6. The minimum absolute atomic E-state index is 0.0316. The fourth-order valence-electron chi connectivity index (χ4n) is 9.23. The van der Waals surface area contributed by atoms with E-state index in [9.17, 15) is 24.9 Å². The van der Waals surface area contributed by atoms with Crippen LogP contribution in [0.25, 0.3) is 0 Å². The van der Waals surface area contributed by atoms with E-state index in [2.05, 4.69) is 26.1 Å². The average Bonchev–Trinajstić information content (AvgIpc) is 3.17. The molecule has 4 rings (SSSR count). The van der Waals surface area contributed by atoms with Crippen LogP contribution in [0.2, 0.25) is 0 Å². The minimum Gasteiger partial charge on any atom is -0.480 e. The first-order chi connectivity index (χ1) is 16.4. The van der Waals surface area contributed by atoms with Crippen molar-refractivity contribution in [1.82, 2.24) is 5.32 Å². The van der Waals surface area contributed by atoms with E-state index >= 15 is 0 Å². The molecule has 0 aliphatic heterocycles. The summed E-state index contributed by atoms with van der Waals surface area (Å²) in [6, 6.07) is -1.27. The zero-order chi connectivity index (χ0) is 25.7. The SMILES string of the molecule is C[C@H](CCC(=O)N[C@H](CO)C(=O)O)[C@H]1CCC2C3C(CC[C@@]21C)[C@@]1(C)CC[C@@H](O)CC1[C@@H](O)[C@H]3O. The van der Waals surface area contributed by atoms with Crippen molar-refractivity contribution in [2.45, 2.75) is 103 Å². The summed E-state index contributed by atoms with van der Waals surface area (Å²) >= 11 is 0. The van der Waals surface area contributed by atoms with E-state index < -0.39 is 36.9 Å². The van der Waals surface area contributed by atoms with Gasteiger partial charge in [-0.05, 0) is 97.7 Å². The summed E-state index contributed by atoms with van der Waals surface area (Å²) in [5.74, 6) is -0.262. The number of carboxylic acids is 1. The Balaban J connectivity index is 1.45. The van der Waals surface area contributed by atoms with Gasteiger partial charge in [-0.15, -0.1) is 0 Å². The van der Waals surface area contributed by atoms with Gasteiger partial charge in [0.1, 0.15) is 6.04 Å². The molecule has 0 spiro atoms. The molecular formula is C27H45NO7. The third-order valence-corrected chi connectivity index (χ3v) is 11.1. The van der Waals surface area contributed by atoms with Gasteiger partial charge >= 0.3 is 5.97 Å². The Labute approximate surface area is 208 Å². The number of hydrogen-bond acceptors (Lipinski definition) is 6. The number of aliphatic carboxylic acids is 1. The van der Waals surface area contributed by atoms with Crippen LogP contribution in [0, 0.1) is 46.3 Å². The molecule has 8 nitrogen and oxygen atoms in total. The Hall–Kier alpha value is -1.22. The molecule has 8 heteroatoms. The summed E-state index contributed by atoms with van der Waals surface area (Å²) in [6.07, 6.45) is 5.27. The Kier molecular flexibility index (Phi) is 7.60. The average molecular weight is 496 g/mol. The van der Waals surface area contributed by atoms with Crippen LogP contribution >= 0.6 is 0 Å². The standard InChI is InChI=1S/C27H45NO7/c1-14(4-7-21(31)28-20(13-29)25(34)35)16-5-6-17-22-18(9-11-26(16,17)2)27(3)10-8-15(30)12-19(27)23(32)24(22)33/h14-20,22-24,29-30,32-33H,4-13H2,1-3H3,(H,28,31)(H,34,35)/t14-,15-,16-,17?,18?,19?,20-,22?,23-,24+,26-,27-/m1/s1. The monoisotopic (exact) mass is 495 g/mol. The van der Waals surface area contributed by atoms with Crippen molar-refractivity contribution in [2.24, 2.45) is 46.3 Å². The van der Waals surface area contributed by atoms with E-state index in [4.69, 9.17) is 10.2 Å². The number of fused-ring (bicyclic) bond motifs is 5. The molecule has 0 radical (unpaired) electrons. The number of nitrogens with one attached hydrogen (secondary N) is 1. The van der Waals surface area contributed by atoms with Crippen LogP contribution in [0.15, 0.2) is 0 Å². The molecule has 0 bridgehead atoms. The molecule has 4 saturated carbocycles. The second-order valence-corrected chi connectivity index (χ2v) is 12.7. The predicted octanol–water partition coefficient (Wildman–Crippen LogP) is 1.93. The molecular weight excluding hydrogens is 450 g/mol. The fourth-order valence-corrected chi connectivity index (χ4v) is 9.23. The molecule has 0 aromatic carbocycles. The number of carbonyl (C=O) groups is 2. The molecule has 12 atom stereocenters. The van der Waals surface area contributed by atoms with Gasteiger partial charge in [0.15, 0.2) is 0 Å². The van der Waals surface area contributed by atoms with E-state index in [0.29, 0.717) is 30.6 Å². The summed E-state index contributed by atoms with van der Waals surface area (Å²) < 4.78 is 0. The van der Waals surface area contributed by atoms with Crippen molar-refractivity contribution < 1.29 is 35.1 Å². The number of amides is 1. The molecule has 4 aliphatic rings. The second kappa shape index (κ2) is 9.92. The van der Waals surface area contributed by atoms with Gasteiger partial charge in [-0.3, -0.25) is 4.79 Å². The molecule has 0 aromatic heterocycles. The van der Waals surface area contributed by atoms with Gasteiger partial charge in [0.25, 0.3) is 0 Å². The smallest absolute Gasteiger partial charge is 0.328 e. The Bertz CT molecular complexity index is 806. The number of aliphatic hydroxyl groups is 4. The highest BCUT2D eigenvalue weighted by Crippen LogP contribution is 2.68. The molecule has 35 heavy (non-hydrogen) atoms. The zero-order valence-corrected chi connectivity index (χ0v) is 21.4. The van der Waals surface area contributed by atoms with Crippen LogP contribution < -0.4 is 5.32 Å². The Morgan fingerprint density at radius 2 is 1.60 bits per heavy atom. The number of carbonyl (C=O) groups excluding carboxylic acids is 1. The number of rotatable bonds is 7. The van der Waals surface area contributed by atoms with Gasteiger partial charge in [-0.25, -0.2) is 4.79 Å². The largest absolute Gasteiger partial charge is 0.480 e. The summed E-state index contributed by atoms with van der Waals surface area (Å²) in [5, 5.41) is 53.4. The summed E-state index contributed by atoms with van der Waals surface area (Å²) in [4.78, 5) is 23.4. The van der Waals surface area contributed by atoms with Crippen LogP contribution in [-0.4, -0.2) is 68.4 Å². The first-order valence-corrected chi connectivity index (χ1v) is 13.6. The van der Waals surface area contributed by atoms with Gasteiger partial charge in [0.05, 0.1) is 24.9 Å². The minimum atomic E-state index is -1.27. The van der Waals surface area contributed by atoms with E-state index in [0.717, 1.165) is 38.5 Å². The highest BCUT2D eigenvalue weighted by Gasteiger charge is 2.65. The van der Waals surface area contributed by atoms with E-state index in [1.807, 2.05) is 0 Å². The van der Waals surface area contributed by atoms with E-state index in [1.165, 1.54) is 0 Å². The fraction of sp³-hybridized carbons (Fsp3) is 0.926. The lowest BCUT2D eigenvalue weighted by Gasteiger charge is -2.63. The molecule has 4 fully saturated rings. The molecule has 1 amide bonds. The summed E-state index contributed by atoms with van der Waals surface area (Å²) in [7, 11) is 0. The van der Waals surface area contributed by atoms with E-state index in [1.54, 1.807) is 0 Å². The molecule has 4 unspecified atom stereocenters. The molecule has 0 aromatic rings. The van der Waals surface area contributed by atoms with Crippen LogP contribution in [-0.2, 0) is 9.59 Å². The van der Waals surface area contributed by atoms with Gasteiger partial charge in [-0.2, -0.15) is 0 Å². The van der Waals surface area contributed by atoms with Crippen molar-refractivity contribution in [2.75, 3.05) is 6.61 Å². The van der Waals surface area contributed by atoms with Crippen molar-refractivity contribution in [3.63, 3.8) is 0 Å². The van der Waals surface area contributed by atoms with Gasteiger partial charge in [-0.1, -0.05) is 20.8 Å². The first-order valence-electron chi connectivity index (χ1n) is 13.6. The van der Waals surface area contributed by atoms with Crippen molar-refractivity contribution >= 4 is 11.9 Å². The van der Waals surface area contributed by atoms with E-state index in [-0.39, 0.29) is 40.9 Å². The number of carboxylic acid groups (broad SMARTS) is 1. The Morgan fingerprint density at radius 3 is 2.26 bits per heavy atom. The lowest BCUT2D eigenvalue weighted by Crippen LogP contribution is -2.64. The quantitative estimate of drug-likeness (QED) is 0.316.